The SMILES string of the molecule is CC(C)C(C)c1ccc(F)cc1.CC(C)CCOc1ccc(Cl)cc1.Cc1ccc(C2(C(C)C)CC2)nc1.Cc1ccc(OCCC(C)C)nc1.Cc1ccc2c(c1)C(C(C)C)CC2. The van der Waals surface area contributed by atoms with Gasteiger partial charge in [0, 0.05) is 34.6 Å². The van der Waals surface area contributed by atoms with E-state index in [1.54, 1.807) is 11.1 Å². The first-order valence-corrected chi connectivity index (χ1v) is 24.4. The van der Waals surface area contributed by atoms with Crippen LogP contribution in [0, 0.1) is 56.2 Å². The second kappa shape index (κ2) is 27.3. The van der Waals surface area contributed by atoms with Gasteiger partial charge in [-0.05, 0) is 171 Å². The Balaban J connectivity index is 0.000000213. The maximum atomic E-state index is 12.6. The van der Waals surface area contributed by atoms with E-state index in [-0.39, 0.29) is 5.82 Å². The number of nitrogens with zero attached hydrogens (tertiary/aromatic N) is 2. The predicted octanol–water partition coefficient (Wildman–Crippen LogP) is 16.9. The molecule has 2 aliphatic rings. The Bertz CT molecular complexity index is 1960. The molecule has 1 saturated carbocycles. The van der Waals surface area contributed by atoms with Crippen molar-refractivity contribution in [3.05, 3.63) is 153 Å². The smallest absolute Gasteiger partial charge is 0.213 e. The van der Waals surface area contributed by atoms with Gasteiger partial charge in [0.2, 0.25) is 5.88 Å². The Morgan fingerprint density at radius 1 is 0.656 bits per heavy atom. The quantitative estimate of drug-likeness (QED) is 0.118. The highest BCUT2D eigenvalue weighted by molar-refractivity contribution is 6.30. The molecule has 2 aromatic heterocycles. The number of hydrogen-bond acceptors (Lipinski definition) is 4. The summed E-state index contributed by atoms with van der Waals surface area (Å²) in [5.41, 5.74) is 9.97. The van der Waals surface area contributed by atoms with Gasteiger partial charge >= 0.3 is 0 Å². The number of halogens is 2. The summed E-state index contributed by atoms with van der Waals surface area (Å²) in [7, 11) is 0. The minimum Gasteiger partial charge on any atom is -0.494 e. The van der Waals surface area contributed by atoms with Crippen molar-refractivity contribution in [1.82, 2.24) is 9.97 Å². The second-order valence-electron chi connectivity index (χ2n) is 19.9. The lowest BCUT2D eigenvalue weighted by atomic mass is 9.88. The Hall–Kier alpha value is -4.22. The number of aryl methyl sites for hydroxylation is 4. The molecule has 0 radical (unpaired) electrons. The highest BCUT2D eigenvalue weighted by Crippen LogP contribution is 2.52. The zero-order valence-electron chi connectivity index (χ0n) is 42.0. The van der Waals surface area contributed by atoms with Crippen LogP contribution in [0.25, 0.3) is 0 Å². The molecule has 5 aromatic rings. The molecule has 0 N–H and O–H groups in total. The number of hydrogen-bond donors (Lipinski definition) is 0. The lowest BCUT2D eigenvalue weighted by Crippen LogP contribution is -2.16. The summed E-state index contributed by atoms with van der Waals surface area (Å²) in [5.74, 6) is 6.28. The van der Waals surface area contributed by atoms with Crippen molar-refractivity contribution in [2.75, 3.05) is 13.2 Å². The van der Waals surface area contributed by atoms with E-state index in [9.17, 15) is 4.39 Å². The van der Waals surface area contributed by atoms with Gasteiger partial charge in [0.1, 0.15) is 11.6 Å². The predicted molar refractivity (Wildman–Crippen MR) is 272 cm³/mol. The Morgan fingerprint density at radius 2 is 1.22 bits per heavy atom. The fraction of sp³-hybridized carbons (Fsp3) is 0.517. The van der Waals surface area contributed by atoms with Crippen LogP contribution in [0.2, 0.25) is 5.02 Å². The van der Waals surface area contributed by atoms with Gasteiger partial charge in [-0.1, -0.05) is 136 Å². The van der Waals surface area contributed by atoms with Crippen LogP contribution >= 0.6 is 11.6 Å². The summed E-state index contributed by atoms with van der Waals surface area (Å²) in [6, 6.07) is 29.5. The van der Waals surface area contributed by atoms with Crippen LogP contribution in [0.5, 0.6) is 11.6 Å². The van der Waals surface area contributed by atoms with Crippen molar-refractivity contribution >= 4 is 11.6 Å². The van der Waals surface area contributed by atoms with Gasteiger partial charge < -0.3 is 9.47 Å². The summed E-state index contributed by atoms with van der Waals surface area (Å²) in [5, 5.41) is 0.746. The average Bonchev–Trinajstić information content (AvgIpc) is 3.96. The molecule has 1 fully saturated rings. The topological polar surface area (TPSA) is 44.2 Å². The molecule has 0 aliphatic heterocycles. The minimum atomic E-state index is -0.158. The summed E-state index contributed by atoms with van der Waals surface area (Å²) in [6.45, 7) is 32.4. The normalized spacial score (nSPS) is 14.9. The summed E-state index contributed by atoms with van der Waals surface area (Å²) in [4.78, 5) is 8.69. The van der Waals surface area contributed by atoms with E-state index in [4.69, 9.17) is 21.1 Å². The molecular formula is C58H82ClFN2O2. The Morgan fingerprint density at radius 3 is 1.70 bits per heavy atom. The molecule has 0 bridgehead atoms. The van der Waals surface area contributed by atoms with Crippen LogP contribution < -0.4 is 9.47 Å². The van der Waals surface area contributed by atoms with Gasteiger partial charge in [-0.25, -0.2) is 9.37 Å². The average molecular weight is 894 g/mol. The molecular weight excluding hydrogens is 811 g/mol. The van der Waals surface area contributed by atoms with Gasteiger partial charge in [-0.3, -0.25) is 4.98 Å². The van der Waals surface area contributed by atoms with Gasteiger partial charge in [0.25, 0.3) is 0 Å². The van der Waals surface area contributed by atoms with Crippen molar-refractivity contribution < 1.29 is 13.9 Å². The number of fused-ring (bicyclic) bond motifs is 1. The van der Waals surface area contributed by atoms with Crippen molar-refractivity contribution in [2.24, 2.45) is 29.6 Å². The molecule has 7 rings (SSSR count). The van der Waals surface area contributed by atoms with E-state index in [0.717, 1.165) is 66.0 Å². The van der Waals surface area contributed by atoms with E-state index >= 15 is 0 Å². The number of ether oxygens (including phenoxy) is 2. The first-order valence-electron chi connectivity index (χ1n) is 24.0. The van der Waals surface area contributed by atoms with Crippen molar-refractivity contribution in [2.45, 2.75) is 153 Å². The second-order valence-corrected chi connectivity index (χ2v) is 20.3. The number of benzene rings is 3. The fourth-order valence-electron chi connectivity index (χ4n) is 7.51. The zero-order chi connectivity index (χ0) is 47.4. The molecule has 2 unspecified atom stereocenters. The number of aromatic nitrogens is 2. The van der Waals surface area contributed by atoms with Crippen molar-refractivity contribution in [3.63, 3.8) is 0 Å². The molecule has 2 heterocycles. The van der Waals surface area contributed by atoms with Gasteiger partial charge in [0.15, 0.2) is 0 Å². The van der Waals surface area contributed by atoms with Crippen LogP contribution in [-0.4, -0.2) is 23.2 Å². The third-order valence-corrected chi connectivity index (χ3v) is 12.8. The van der Waals surface area contributed by atoms with Crippen molar-refractivity contribution in [1.29, 1.82) is 0 Å². The van der Waals surface area contributed by atoms with Crippen LogP contribution in [0.3, 0.4) is 0 Å². The largest absolute Gasteiger partial charge is 0.494 e. The van der Waals surface area contributed by atoms with Crippen LogP contribution in [0.15, 0.2) is 103 Å². The highest BCUT2D eigenvalue weighted by atomic mass is 35.5. The standard InChI is InChI=1S/C13H18.C12H17N.C11H15ClO.C11H15F.C11H17NO/c1-9(2)12-7-6-11-5-4-10(3)8-13(11)12;1-9(2)12(6-7-12)11-5-4-10(3)8-13-11;1-9(2)7-8-13-11-5-3-10(12)4-6-11;1-8(2)9(3)10-4-6-11(12)7-5-10;1-9(2)6-7-13-11-5-4-10(3)8-12-11/h4-5,8-9,12H,6-7H2,1-3H3;4-5,8-9H,6-7H2,1-3H3;3-6,9H,7-8H2,1-2H3;4-9H,1-3H3;4-5,8-9H,6-7H2,1-3H3. The van der Waals surface area contributed by atoms with Crippen LogP contribution in [0.1, 0.15) is 159 Å². The Kier molecular flexibility index (Phi) is 23.1. The number of rotatable bonds is 13. The molecule has 2 atom stereocenters. The van der Waals surface area contributed by atoms with Gasteiger partial charge in [-0.2, -0.15) is 0 Å². The van der Waals surface area contributed by atoms with Crippen LogP contribution in [-0.2, 0) is 11.8 Å². The van der Waals surface area contributed by atoms with E-state index in [1.807, 2.05) is 67.8 Å². The van der Waals surface area contributed by atoms with Crippen molar-refractivity contribution in [3.8, 4) is 11.6 Å². The number of pyridine rings is 2. The third-order valence-electron chi connectivity index (χ3n) is 12.5. The monoisotopic (exact) mass is 893 g/mol. The van der Waals surface area contributed by atoms with E-state index < -0.39 is 0 Å². The van der Waals surface area contributed by atoms with E-state index in [2.05, 4.69) is 130 Å². The molecule has 2 aliphatic carbocycles. The third kappa shape index (κ3) is 19.1. The molecule has 0 saturated heterocycles. The first-order chi connectivity index (χ1) is 30.3. The molecule has 3 aromatic carbocycles. The maximum Gasteiger partial charge on any atom is 0.213 e. The minimum absolute atomic E-state index is 0.158. The fourth-order valence-corrected chi connectivity index (χ4v) is 7.63. The molecule has 6 heteroatoms. The Labute approximate surface area is 394 Å². The molecule has 64 heavy (non-hydrogen) atoms. The van der Waals surface area contributed by atoms with E-state index in [1.165, 1.54) is 60.2 Å². The summed E-state index contributed by atoms with van der Waals surface area (Å²) < 4.78 is 23.5. The molecule has 350 valence electrons. The summed E-state index contributed by atoms with van der Waals surface area (Å²) in [6.07, 6.45) is 11.3. The zero-order valence-corrected chi connectivity index (χ0v) is 42.7. The highest BCUT2D eigenvalue weighted by Gasteiger charge is 2.47. The lowest BCUT2D eigenvalue weighted by molar-refractivity contribution is 0.279. The molecule has 0 spiro atoms. The molecule has 4 nitrogen and oxygen atoms in total. The molecule has 0 amide bonds. The van der Waals surface area contributed by atoms with Gasteiger partial charge in [0.05, 0.1) is 13.2 Å². The van der Waals surface area contributed by atoms with Crippen LogP contribution in [0.4, 0.5) is 4.39 Å². The first kappa shape index (κ1) is 54.1. The van der Waals surface area contributed by atoms with Gasteiger partial charge in [-0.15, -0.1) is 0 Å². The maximum absolute atomic E-state index is 12.6. The van der Waals surface area contributed by atoms with E-state index in [0.29, 0.717) is 29.1 Å². The lowest BCUT2D eigenvalue weighted by Gasteiger charge is -2.18. The summed E-state index contributed by atoms with van der Waals surface area (Å²) >= 11 is 5.74.